The van der Waals surface area contributed by atoms with Gasteiger partial charge in [-0.1, -0.05) is 0 Å². The Morgan fingerprint density at radius 3 is 2.35 bits per heavy atom. The average molecular weight is 230 g/mol. The van der Waals surface area contributed by atoms with E-state index in [1.165, 1.54) is 5.56 Å². The molecule has 0 aliphatic rings. The Morgan fingerprint density at radius 2 is 1.76 bits per heavy atom. The highest BCUT2D eigenvalue weighted by Crippen LogP contribution is 2.20. The molecule has 0 saturated carbocycles. The topological polar surface area (TPSA) is 38.1 Å². The zero-order valence-electron chi connectivity index (χ0n) is 10.5. The van der Waals surface area contributed by atoms with Crippen LogP contribution in [0.15, 0.2) is 41.1 Å². The second kappa shape index (κ2) is 5.15. The fourth-order valence-corrected chi connectivity index (χ4v) is 1.89. The Balaban J connectivity index is 2.02. The molecule has 1 unspecified atom stereocenters. The molecule has 2 heterocycles. The number of aromatic nitrogens is 1. The van der Waals surface area contributed by atoms with Crippen LogP contribution in [0, 0.1) is 6.92 Å². The molecule has 0 bridgehead atoms. The van der Waals surface area contributed by atoms with Crippen molar-refractivity contribution in [2.24, 2.45) is 0 Å². The lowest BCUT2D eigenvalue weighted by atomic mass is 10.1. The molecule has 3 heteroatoms. The third kappa shape index (κ3) is 2.94. The zero-order valence-corrected chi connectivity index (χ0v) is 10.5. The van der Waals surface area contributed by atoms with Crippen molar-refractivity contribution >= 4 is 0 Å². The maximum atomic E-state index is 5.61. The molecular weight excluding hydrogens is 212 g/mol. The summed E-state index contributed by atoms with van der Waals surface area (Å²) in [6.45, 7) is 6.21. The number of pyridine rings is 1. The second-order valence-electron chi connectivity index (χ2n) is 4.34. The molecule has 0 aliphatic heterocycles. The Morgan fingerprint density at radius 1 is 1.06 bits per heavy atom. The van der Waals surface area contributed by atoms with Gasteiger partial charge in [0.15, 0.2) is 0 Å². The number of nitrogens with one attached hydrogen (secondary N) is 1. The summed E-state index contributed by atoms with van der Waals surface area (Å²) in [5.74, 6) is 1.92. The standard InChI is InChI=1S/C14H18N2O/c1-10-4-5-14(17-10)12(3)16-11(2)13-6-8-15-9-7-13/h4-9,11-12,16H,1-3H3/t11-,12?/m1/s1. The van der Waals surface area contributed by atoms with Crippen molar-refractivity contribution in [2.45, 2.75) is 32.9 Å². The lowest BCUT2D eigenvalue weighted by Gasteiger charge is -2.18. The van der Waals surface area contributed by atoms with E-state index in [2.05, 4.69) is 24.1 Å². The highest BCUT2D eigenvalue weighted by Gasteiger charge is 2.13. The minimum Gasteiger partial charge on any atom is -0.465 e. The lowest BCUT2D eigenvalue weighted by molar-refractivity contribution is 0.392. The van der Waals surface area contributed by atoms with Crippen LogP contribution in [-0.2, 0) is 0 Å². The van der Waals surface area contributed by atoms with Gasteiger partial charge in [0.05, 0.1) is 6.04 Å². The van der Waals surface area contributed by atoms with E-state index in [0.29, 0.717) is 0 Å². The molecule has 0 aromatic carbocycles. The van der Waals surface area contributed by atoms with Crippen LogP contribution < -0.4 is 5.32 Å². The number of rotatable bonds is 4. The van der Waals surface area contributed by atoms with Crippen LogP contribution in [0.2, 0.25) is 0 Å². The van der Waals surface area contributed by atoms with Crippen molar-refractivity contribution in [3.63, 3.8) is 0 Å². The van der Waals surface area contributed by atoms with E-state index in [1.807, 2.05) is 43.6 Å². The molecule has 2 atom stereocenters. The molecule has 17 heavy (non-hydrogen) atoms. The Hall–Kier alpha value is -1.61. The summed E-state index contributed by atoms with van der Waals surface area (Å²) in [4.78, 5) is 4.02. The summed E-state index contributed by atoms with van der Waals surface area (Å²) in [7, 11) is 0. The largest absolute Gasteiger partial charge is 0.465 e. The molecule has 0 radical (unpaired) electrons. The predicted octanol–water partition coefficient (Wildman–Crippen LogP) is 3.39. The normalized spacial score (nSPS) is 14.5. The van der Waals surface area contributed by atoms with Crippen LogP contribution in [0.25, 0.3) is 0 Å². The van der Waals surface area contributed by atoms with Gasteiger partial charge in [-0.25, -0.2) is 0 Å². The predicted molar refractivity (Wildman–Crippen MR) is 67.6 cm³/mol. The van der Waals surface area contributed by atoms with Crippen molar-refractivity contribution in [3.05, 3.63) is 53.7 Å². The van der Waals surface area contributed by atoms with Gasteiger partial charge in [0.25, 0.3) is 0 Å². The first-order valence-electron chi connectivity index (χ1n) is 5.89. The number of nitrogens with zero attached hydrogens (tertiary/aromatic N) is 1. The van der Waals surface area contributed by atoms with Gasteiger partial charge in [-0.2, -0.15) is 0 Å². The van der Waals surface area contributed by atoms with Gasteiger partial charge in [-0.15, -0.1) is 0 Å². The summed E-state index contributed by atoms with van der Waals surface area (Å²) in [6, 6.07) is 8.54. The summed E-state index contributed by atoms with van der Waals surface area (Å²) in [6.07, 6.45) is 3.63. The van der Waals surface area contributed by atoms with E-state index in [1.54, 1.807) is 0 Å². The maximum absolute atomic E-state index is 5.61. The molecule has 0 aliphatic carbocycles. The van der Waals surface area contributed by atoms with Gasteiger partial charge in [0, 0.05) is 18.4 Å². The smallest absolute Gasteiger partial charge is 0.120 e. The molecule has 0 spiro atoms. The minimum absolute atomic E-state index is 0.201. The number of hydrogen-bond acceptors (Lipinski definition) is 3. The van der Waals surface area contributed by atoms with Crippen LogP contribution in [0.3, 0.4) is 0 Å². The van der Waals surface area contributed by atoms with Crippen LogP contribution in [-0.4, -0.2) is 4.98 Å². The first kappa shape index (κ1) is 11.9. The van der Waals surface area contributed by atoms with E-state index >= 15 is 0 Å². The monoisotopic (exact) mass is 230 g/mol. The molecule has 0 fully saturated rings. The summed E-state index contributed by atoms with van der Waals surface area (Å²) in [5, 5.41) is 3.50. The second-order valence-corrected chi connectivity index (χ2v) is 4.34. The first-order chi connectivity index (χ1) is 8.16. The zero-order chi connectivity index (χ0) is 12.3. The molecule has 2 aromatic heterocycles. The third-order valence-corrected chi connectivity index (χ3v) is 2.89. The first-order valence-corrected chi connectivity index (χ1v) is 5.89. The lowest BCUT2D eigenvalue weighted by Crippen LogP contribution is -2.22. The van der Waals surface area contributed by atoms with Crippen molar-refractivity contribution < 1.29 is 4.42 Å². The third-order valence-electron chi connectivity index (χ3n) is 2.89. The van der Waals surface area contributed by atoms with Crippen LogP contribution >= 0.6 is 0 Å². The van der Waals surface area contributed by atoms with E-state index in [0.717, 1.165) is 11.5 Å². The van der Waals surface area contributed by atoms with Gasteiger partial charge in [-0.05, 0) is 50.6 Å². The van der Waals surface area contributed by atoms with E-state index in [9.17, 15) is 0 Å². The SMILES string of the molecule is Cc1ccc(C(C)N[C@H](C)c2ccncc2)o1. The fraction of sp³-hybridized carbons (Fsp3) is 0.357. The highest BCUT2D eigenvalue weighted by atomic mass is 16.3. The van der Waals surface area contributed by atoms with Crippen molar-refractivity contribution in [3.8, 4) is 0 Å². The maximum Gasteiger partial charge on any atom is 0.120 e. The molecule has 3 nitrogen and oxygen atoms in total. The van der Waals surface area contributed by atoms with Gasteiger partial charge in [0.2, 0.25) is 0 Å². The molecule has 90 valence electrons. The van der Waals surface area contributed by atoms with E-state index in [4.69, 9.17) is 4.42 Å². The molecular formula is C14H18N2O. The molecule has 0 amide bonds. The summed E-state index contributed by atoms with van der Waals surface area (Å²) >= 11 is 0. The number of aryl methyl sites for hydroxylation is 1. The van der Waals surface area contributed by atoms with Gasteiger partial charge in [0.1, 0.15) is 11.5 Å². The Bertz CT molecular complexity index is 464. The van der Waals surface area contributed by atoms with Crippen LogP contribution in [0.5, 0.6) is 0 Å². The van der Waals surface area contributed by atoms with E-state index in [-0.39, 0.29) is 12.1 Å². The molecule has 0 saturated heterocycles. The summed E-state index contributed by atoms with van der Waals surface area (Å²) < 4.78 is 5.61. The van der Waals surface area contributed by atoms with Gasteiger partial charge in [-0.3, -0.25) is 4.98 Å². The number of hydrogen-bond donors (Lipinski definition) is 1. The van der Waals surface area contributed by atoms with Gasteiger partial charge >= 0.3 is 0 Å². The molecule has 2 aromatic rings. The Kier molecular flexibility index (Phi) is 3.59. The van der Waals surface area contributed by atoms with E-state index < -0.39 is 0 Å². The minimum atomic E-state index is 0.201. The van der Waals surface area contributed by atoms with Crippen LogP contribution in [0.1, 0.15) is 43.0 Å². The van der Waals surface area contributed by atoms with Crippen molar-refractivity contribution in [1.82, 2.24) is 10.3 Å². The van der Waals surface area contributed by atoms with Crippen molar-refractivity contribution in [1.29, 1.82) is 0 Å². The number of furan rings is 1. The average Bonchev–Trinajstić information content (AvgIpc) is 2.77. The molecule has 1 N–H and O–H groups in total. The van der Waals surface area contributed by atoms with Crippen LogP contribution in [0.4, 0.5) is 0 Å². The fourth-order valence-electron chi connectivity index (χ4n) is 1.89. The molecule has 2 rings (SSSR count). The summed E-state index contributed by atoms with van der Waals surface area (Å²) in [5.41, 5.74) is 1.23. The van der Waals surface area contributed by atoms with Crippen molar-refractivity contribution in [2.75, 3.05) is 0 Å². The highest BCUT2D eigenvalue weighted by molar-refractivity contribution is 5.15. The van der Waals surface area contributed by atoms with Gasteiger partial charge < -0.3 is 9.73 Å². The quantitative estimate of drug-likeness (QED) is 0.874. The Labute approximate surface area is 102 Å².